The van der Waals surface area contributed by atoms with Crippen LogP contribution in [0.15, 0.2) is 97.3 Å². The van der Waals surface area contributed by atoms with E-state index in [1.165, 1.54) is 12.1 Å². The third kappa shape index (κ3) is 22.4. The maximum Gasteiger partial charge on any atom is 0.265 e. The summed E-state index contributed by atoms with van der Waals surface area (Å²) in [5, 5.41) is 29.8. The maximum atomic E-state index is 13.0. The number of amides is 2. The highest BCUT2D eigenvalue weighted by Gasteiger charge is 2.36. The van der Waals surface area contributed by atoms with Crippen molar-refractivity contribution in [1.82, 2.24) is 35.0 Å². The number of nitrogens with two attached hydrogens (primary N) is 1. The zero-order valence-corrected chi connectivity index (χ0v) is 52.8. The van der Waals surface area contributed by atoms with Gasteiger partial charge in [0.25, 0.3) is 11.8 Å². The Labute approximate surface area is 500 Å². The Morgan fingerprint density at radius 2 is 1.17 bits per heavy atom. The zero-order valence-electron chi connectivity index (χ0n) is 51.8. The SMILES string of the molecule is C.CC(C)(C)[Si](C)(C)OCCC=O.CC(C)Oc1ccc(C(=O)NN(CCCO)Cc2ccc(-c3cn(C)c(C(C)(C)C)n3)cc2)cc1C#N.CC(C)Oc1ccc(C(=O)NN)cc1C#N.Cn1cc(-c2ccc(C=O)cc2)nc1C(C)(C)C. The van der Waals surface area contributed by atoms with Gasteiger partial charge in [-0.3, -0.25) is 25.2 Å². The molecular formula is C65H92N10O8Si. The molecular weight excluding hydrogens is 1080 g/mol. The second kappa shape index (κ2) is 32.9. The van der Waals surface area contributed by atoms with Crippen LogP contribution in [0, 0.1) is 22.7 Å². The van der Waals surface area contributed by atoms with E-state index in [0.717, 1.165) is 52.3 Å². The van der Waals surface area contributed by atoms with Crippen molar-refractivity contribution in [3.8, 4) is 46.2 Å². The minimum Gasteiger partial charge on any atom is -0.490 e. The summed E-state index contributed by atoms with van der Waals surface area (Å²) < 4.78 is 20.9. The average molecular weight is 1170 g/mol. The number of aldehydes is 2. The minimum absolute atomic E-state index is 0. The number of benzene rings is 4. The summed E-state index contributed by atoms with van der Waals surface area (Å²) in [6.07, 6.45) is 6.74. The highest BCUT2D eigenvalue weighted by atomic mass is 28.4. The Morgan fingerprint density at radius 1 is 0.726 bits per heavy atom. The summed E-state index contributed by atoms with van der Waals surface area (Å²) in [5.41, 5.74) is 11.8. The topological polar surface area (TPSA) is 253 Å². The Bertz CT molecular complexity index is 3150. The van der Waals surface area contributed by atoms with E-state index in [0.29, 0.717) is 71.9 Å². The van der Waals surface area contributed by atoms with E-state index >= 15 is 0 Å². The van der Waals surface area contributed by atoms with Gasteiger partial charge in [-0.25, -0.2) is 20.8 Å². The lowest BCUT2D eigenvalue weighted by Crippen LogP contribution is -2.42. The van der Waals surface area contributed by atoms with Crippen LogP contribution in [0.25, 0.3) is 22.5 Å². The van der Waals surface area contributed by atoms with Crippen molar-refractivity contribution in [2.75, 3.05) is 19.8 Å². The molecule has 6 aromatic rings. The number of aromatic nitrogens is 4. The normalized spacial score (nSPS) is 11.3. The first-order chi connectivity index (χ1) is 38.8. The number of carbonyl (C=O) groups is 4. The van der Waals surface area contributed by atoms with Crippen molar-refractivity contribution in [1.29, 1.82) is 10.5 Å². The van der Waals surface area contributed by atoms with E-state index in [9.17, 15) is 29.5 Å². The lowest BCUT2D eigenvalue weighted by molar-refractivity contribution is -0.108. The molecule has 19 heteroatoms. The van der Waals surface area contributed by atoms with Gasteiger partial charge in [0.2, 0.25) is 0 Å². The van der Waals surface area contributed by atoms with Gasteiger partial charge in [-0.2, -0.15) is 10.5 Å². The Kier molecular flexibility index (Phi) is 28.3. The number of nitrogen functional groups attached to an aromatic ring is 1. The third-order valence-corrected chi connectivity index (χ3v) is 17.5. The number of rotatable bonds is 19. The number of hydrazine groups is 2. The molecule has 6 rings (SSSR count). The molecule has 4 aromatic carbocycles. The predicted molar refractivity (Wildman–Crippen MR) is 336 cm³/mol. The van der Waals surface area contributed by atoms with Gasteiger partial charge in [-0.05, 0) is 94.2 Å². The summed E-state index contributed by atoms with van der Waals surface area (Å²) in [6, 6.07) is 29.1. The second-order valence-electron chi connectivity index (χ2n) is 24.0. The third-order valence-electron chi connectivity index (χ3n) is 13.0. The summed E-state index contributed by atoms with van der Waals surface area (Å²) in [6.45, 7) is 32.9. The highest BCUT2D eigenvalue weighted by molar-refractivity contribution is 6.74. The molecule has 0 radical (unpaired) electrons. The molecule has 0 aliphatic rings. The molecule has 0 saturated carbocycles. The minimum atomic E-state index is -1.60. The van der Waals surface area contributed by atoms with E-state index in [4.69, 9.17) is 30.0 Å². The van der Waals surface area contributed by atoms with Crippen molar-refractivity contribution in [2.24, 2.45) is 19.9 Å². The number of nitrogens with one attached hydrogen (secondary N) is 2. The van der Waals surface area contributed by atoms with Crippen LogP contribution in [-0.2, 0) is 40.7 Å². The average Bonchev–Trinajstić information content (AvgIpc) is 4.24. The van der Waals surface area contributed by atoms with Crippen LogP contribution in [0.1, 0.15) is 170 Å². The molecule has 2 aromatic heterocycles. The van der Waals surface area contributed by atoms with E-state index in [2.05, 4.69) is 101 Å². The summed E-state index contributed by atoms with van der Waals surface area (Å²) in [4.78, 5) is 54.4. The van der Waals surface area contributed by atoms with E-state index in [-0.39, 0.29) is 48.0 Å². The number of ether oxygens (including phenoxy) is 2. The smallest absolute Gasteiger partial charge is 0.265 e. The van der Waals surface area contributed by atoms with Crippen LogP contribution in [0.4, 0.5) is 0 Å². The Morgan fingerprint density at radius 3 is 1.52 bits per heavy atom. The number of carbonyl (C=O) groups excluding carboxylic acids is 4. The van der Waals surface area contributed by atoms with Gasteiger partial charge in [-0.15, -0.1) is 0 Å². The van der Waals surface area contributed by atoms with Gasteiger partial charge in [0, 0.05) is 97.9 Å². The molecule has 0 bridgehead atoms. The predicted octanol–water partition coefficient (Wildman–Crippen LogP) is 12.0. The van der Waals surface area contributed by atoms with Crippen LogP contribution in [0.2, 0.25) is 18.1 Å². The van der Waals surface area contributed by atoms with Crippen molar-refractivity contribution < 1.29 is 38.2 Å². The molecule has 0 aliphatic heterocycles. The first kappa shape index (κ1) is 72.3. The van der Waals surface area contributed by atoms with Gasteiger partial charge < -0.3 is 32.9 Å². The molecule has 0 unspecified atom stereocenters. The van der Waals surface area contributed by atoms with Crippen molar-refractivity contribution >= 4 is 32.7 Å². The number of imidazole rings is 2. The van der Waals surface area contributed by atoms with Crippen LogP contribution >= 0.6 is 0 Å². The fourth-order valence-electron chi connectivity index (χ4n) is 7.88. The van der Waals surface area contributed by atoms with Gasteiger partial charge >= 0.3 is 0 Å². The van der Waals surface area contributed by atoms with E-state index < -0.39 is 14.2 Å². The van der Waals surface area contributed by atoms with Crippen molar-refractivity contribution in [3.63, 3.8) is 0 Å². The molecule has 2 heterocycles. The molecule has 0 atom stereocenters. The molecule has 18 nitrogen and oxygen atoms in total. The first-order valence-electron chi connectivity index (χ1n) is 27.7. The highest BCUT2D eigenvalue weighted by Crippen LogP contribution is 2.36. The van der Waals surface area contributed by atoms with E-state index in [1.54, 1.807) is 29.3 Å². The molecule has 2 amide bonds. The summed E-state index contributed by atoms with van der Waals surface area (Å²) in [5.74, 6) is 7.23. The molecule has 0 aliphatic carbocycles. The monoisotopic (exact) mass is 1170 g/mol. The number of nitrogens with zero attached hydrogens (tertiary/aromatic N) is 7. The van der Waals surface area contributed by atoms with Crippen LogP contribution < -0.4 is 26.2 Å². The fraction of sp³-hybridized carbons (Fsp3) is 0.446. The number of aliphatic hydroxyl groups excluding tert-OH is 1. The lowest BCUT2D eigenvalue weighted by atomic mass is 9.96. The standard InChI is InChI=1S/C29H37N5O3.C15H18N2O.C11H13N3O2.C9H20O2Si.CH4/c1-20(2)37-26-13-12-23(16-24(26)17-30)27(36)32-34(14-7-15-35)18-21-8-10-22(11-9-21)25-19-33(6)28(31-25)29(3,4)5;1-15(2,3)14-16-13(9-17(14)4)12-7-5-11(10-18)6-8-12;1-7(2)16-10-4-3-8(11(15)14-13)5-9(10)6-12;1-9(2,3)12(4,5)11-8-6-7-10;/h8-13,16,19-20,35H,7,14-15,18H2,1-6H3,(H,32,36);5-10H,1-4H3;3-5,7H,13H2,1-2H3,(H,14,15);7H,6,8H2,1-5H3;1H4. The number of aryl methyl sites for hydroxylation is 2. The molecule has 454 valence electrons. The zero-order chi connectivity index (χ0) is 62.5. The lowest BCUT2D eigenvalue weighted by Gasteiger charge is -2.35. The van der Waals surface area contributed by atoms with Crippen LogP contribution in [-0.4, -0.2) is 93.9 Å². The van der Waals surface area contributed by atoms with Crippen molar-refractivity contribution in [3.05, 3.63) is 142 Å². The number of hydrogen-bond donors (Lipinski definition) is 4. The molecule has 0 fully saturated rings. The number of aliphatic hydroxyl groups is 1. The van der Waals surface area contributed by atoms with Crippen molar-refractivity contribution in [2.45, 2.75) is 158 Å². The maximum absolute atomic E-state index is 13.0. The number of hydrogen-bond acceptors (Lipinski definition) is 14. The van der Waals surface area contributed by atoms with Gasteiger partial charge in [0.05, 0.1) is 34.7 Å². The Hall–Kier alpha value is -7.78. The Balaban J connectivity index is 0.000000427. The van der Waals surface area contributed by atoms with Gasteiger partial charge in [-0.1, -0.05) is 118 Å². The second-order valence-corrected chi connectivity index (χ2v) is 28.8. The molecule has 84 heavy (non-hydrogen) atoms. The fourth-order valence-corrected chi connectivity index (χ4v) is 8.94. The summed E-state index contributed by atoms with van der Waals surface area (Å²) >= 11 is 0. The molecule has 0 saturated heterocycles. The van der Waals surface area contributed by atoms with Crippen LogP contribution in [0.5, 0.6) is 11.5 Å². The molecule has 0 spiro atoms. The number of nitriles is 2. The quantitative estimate of drug-likeness (QED) is 0.0147. The molecule has 5 N–H and O–H groups in total. The first-order valence-corrected chi connectivity index (χ1v) is 30.6. The summed E-state index contributed by atoms with van der Waals surface area (Å²) in [7, 11) is 2.42. The van der Waals surface area contributed by atoms with Gasteiger partial charge in [0.1, 0.15) is 47.9 Å². The van der Waals surface area contributed by atoms with Crippen LogP contribution in [0.3, 0.4) is 0 Å². The van der Waals surface area contributed by atoms with E-state index in [1.807, 2.05) is 114 Å². The van der Waals surface area contributed by atoms with Gasteiger partial charge in [0.15, 0.2) is 8.32 Å². The largest absolute Gasteiger partial charge is 0.490 e.